The second-order valence-electron chi connectivity index (χ2n) is 3.54. The summed E-state index contributed by atoms with van der Waals surface area (Å²) in [5.74, 6) is 0.558. The summed E-state index contributed by atoms with van der Waals surface area (Å²) in [5.41, 5.74) is 1.18. The molecule has 1 atom stereocenters. The van der Waals surface area contributed by atoms with Crippen LogP contribution in [-0.4, -0.2) is 17.3 Å². The number of carbonyl (C=O) groups is 1. The van der Waals surface area contributed by atoms with Gasteiger partial charge in [0.05, 0.1) is 0 Å². The maximum Gasteiger partial charge on any atom is 0.129 e. The molecule has 3 heteroatoms. The van der Waals surface area contributed by atoms with Crippen LogP contribution in [0.2, 0.25) is 5.02 Å². The molecule has 1 aromatic rings. The molecular weight excluding hydrogens is 240 g/mol. The average molecular weight is 256 g/mol. The Hall–Kier alpha value is -0.470. The molecule has 0 aromatic heterocycles. The van der Waals surface area contributed by atoms with Crippen LogP contribution in [0.5, 0.6) is 0 Å². The van der Waals surface area contributed by atoms with Crippen molar-refractivity contribution < 1.29 is 4.79 Å². The summed E-state index contributed by atoms with van der Waals surface area (Å²) in [5, 5.41) is 1.27. The van der Waals surface area contributed by atoms with Gasteiger partial charge in [-0.05, 0) is 30.9 Å². The molecular formula is C13H16ClOS. The van der Waals surface area contributed by atoms with Gasteiger partial charge in [-0.25, -0.2) is 0 Å². The van der Waals surface area contributed by atoms with Crippen LogP contribution >= 0.6 is 23.4 Å². The van der Waals surface area contributed by atoms with Crippen LogP contribution in [0.15, 0.2) is 24.3 Å². The minimum absolute atomic E-state index is 0.446. The molecule has 1 rings (SSSR count). The van der Waals surface area contributed by atoms with Crippen molar-refractivity contribution in [1.82, 2.24) is 0 Å². The van der Waals surface area contributed by atoms with E-state index in [2.05, 4.69) is 6.92 Å². The molecule has 0 bridgehead atoms. The van der Waals surface area contributed by atoms with Crippen molar-refractivity contribution in [3.05, 3.63) is 41.8 Å². The minimum Gasteiger partial charge on any atom is -0.302 e. The van der Waals surface area contributed by atoms with E-state index in [0.717, 1.165) is 30.6 Å². The Morgan fingerprint density at radius 3 is 2.81 bits per heavy atom. The van der Waals surface area contributed by atoms with Gasteiger partial charge in [0.15, 0.2) is 0 Å². The fourth-order valence-electron chi connectivity index (χ4n) is 1.50. The van der Waals surface area contributed by atoms with Crippen LogP contribution < -0.4 is 0 Å². The number of aryl methyl sites for hydroxylation is 1. The van der Waals surface area contributed by atoms with Crippen molar-refractivity contribution in [3.8, 4) is 0 Å². The highest BCUT2D eigenvalue weighted by atomic mass is 35.5. The number of benzene rings is 1. The van der Waals surface area contributed by atoms with Gasteiger partial charge in [-0.15, -0.1) is 0 Å². The van der Waals surface area contributed by atoms with E-state index >= 15 is 0 Å². The molecule has 0 saturated carbocycles. The second-order valence-corrected chi connectivity index (χ2v) is 5.28. The predicted octanol–water partition coefficient (Wildman–Crippen LogP) is 3.80. The van der Waals surface area contributed by atoms with E-state index in [1.807, 2.05) is 24.3 Å². The summed E-state index contributed by atoms with van der Waals surface area (Å²) in [7, 11) is 0. The van der Waals surface area contributed by atoms with Crippen molar-refractivity contribution in [2.75, 3.05) is 5.75 Å². The predicted molar refractivity (Wildman–Crippen MR) is 72.1 cm³/mol. The van der Waals surface area contributed by atoms with Crippen LogP contribution in [0.3, 0.4) is 0 Å². The molecule has 0 saturated heterocycles. The summed E-state index contributed by atoms with van der Waals surface area (Å²) in [6.07, 6.45) is 3.77. The smallest absolute Gasteiger partial charge is 0.129 e. The van der Waals surface area contributed by atoms with Gasteiger partial charge in [0.1, 0.15) is 6.29 Å². The lowest BCUT2D eigenvalue weighted by Gasteiger charge is -2.13. The lowest BCUT2D eigenvalue weighted by molar-refractivity contribution is -0.105. The number of aldehydes is 1. The molecule has 0 N–H and O–H groups in total. The van der Waals surface area contributed by atoms with E-state index in [4.69, 9.17) is 11.6 Å². The fourth-order valence-corrected chi connectivity index (χ4v) is 2.54. The molecule has 87 valence electrons. The molecule has 1 nitrogen and oxygen atoms in total. The third-order valence-corrected chi connectivity index (χ3v) is 4.06. The molecule has 16 heavy (non-hydrogen) atoms. The van der Waals surface area contributed by atoms with Crippen molar-refractivity contribution in [2.45, 2.75) is 24.5 Å². The van der Waals surface area contributed by atoms with Gasteiger partial charge in [-0.2, -0.15) is 11.8 Å². The van der Waals surface area contributed by atoms with E-state index in [0.29, 0.717) is 11.0 Å². The number of rotatable bonds is 7. The molecule has 0 aliphatic carbocycles. The van der Waals surface area contributed by atoms with Crippen LogP contribution in [-0.2, 0) is 11.2 Å². The van der Waals surface area contributed by atoms with Crippen molar-refractivity contribution >= 4 is 29.6 Å². The first-order valence-corrected chi connectivity index (χ1v) is 6.78. The molecule has 0 spiro atoms. The van der Waals surface area contributed by atoms with Gasteiger partial charge in [-0.3, -0.25) is 0 Å². The summed E-state index contributed by atoms with van der Waals surface area (Å²) in [6.45, 7) is 3.90. The molecule has 0 amide bonds. The zero-order valence-corrected chi connectivity index (χ0v) is 10.8. The number of hydrogen-bond donors (Lipinski definition) is 0. The van der Waals surface area contributed by atoms with Crippen molar-refractivity contribution in [3.63, 3.8) is 0 Å². The Labute approximate surface area is 107 Å². The number of carbonyl (C=O) groups excluding carboxylic acids is 1. The number of hydrogen-bond acceptors (Lipinski definition) is 2. The van der Waals surface area contributed by atoms with Crippen LogP contribution in [0, 0.1) is 6.92 Å². The summed E-state index contributed by atoms with van der Waals surface area (Å²) in [6, 6.07) is 7.90. The van der Waals surface area contributed by atoms with Crippen LogP contribution in [0.25, 0.3) is 0 Å². The lowest BCUT2D eigenvalue weighted by Crippen LogP contribution is -2.04. The van der Waals surface area contributed by atoms with Crippen molar-refractivity contribution in [1.29, 1.82) is 0 Å². The Morgan fingerprint density at radius 2 is 2.19 bits per heavy atom. The normalized spacial score (nSPS) is 12.4. The molecule has 0 heterocycles. The zero-order chi connectivity index (χ0) is 11.8. The number of thioether (sulfide) groups is 1. The molecule has 1 radical (unpaired) electrons. The highest BCUT2D eigenvalue weighted by Gasteiger charge is 2.08. The Morgan fingerprint density at radius 1 is 1.44 bits per heavy atom. The van der Waals surface area contributed by atoms with Gasteiger partial charge < -0.3 is 4.79 Å². The highest BCUT2D eigenvalue weighted by Crippen LogP contribution is 2.22. The monoisotopic (exact) mass is 255 g/mol. The fraction of sp³-hybridized carbons (Fsp3) is 0.385. The molecule has 0 aliphatic rings. The molecule has 1 unspecified atom stereocenters. The highest BCUT2D eigenvalue weighted by molar-refractivity contribution is 8.00. The second kappa shape index (κ2) is 7.75. The average Bonchev–Trinajstić information content (AvgIpc) is 2.31. The van der Waals surface area contributed by atoms with Gasteiger partial charge >= 0.3 is 0 Å². The molecule has 0 aliphatic heterocycles. The maximum atomic E-state index is 10.3. The summed E-state index contributed by atoms with van der Waals surface area (Å²) < 4.78 is 0. The first-order chi connectivity index (χ1) is 7.77. The third-order valence-electron chi connectivity index (χ3n) is 2.42. The van der Waals surface area contributed by atoms with E-state index in [1.165, 1.54) is 5.56 Å². The van der Waals surface area contributed by atoms with Crippen LogP contribution in [0.1, 0.15) is 18.4 Å². The van der Waals surface area contributed by atoms with Gasteiger partial charge in [0.25, 0.3) is 0 Å². The summed E-state index contributed by atoms with van der Waals surface area (Å²) in [4.78, 5) is 10.3. The van der Waals surface area contributed by atoms with Crippen molar-refractivity contribution in [2.24, 2.45) is 0 Å². The van der Waals surface area contributed by atoms with Gasteiger partial charge in [0.2, 0.25) is 0 Å². The van der Waals surface area contributed by atoms with Gasteiger partial charge in [0, 0.05) is 16.0 Å². The minimum atomic E-state index is 0.446. The van der Waals surface area contributed by atoms with E-state index < -0.39 is 0 Å². The quantitative estimate of drug-likeness (QED) is 0.690. The Kier molecular flexibility index (Phi) is 6.58. The Bertz CT molecular complexity index is 327. The Balaban J connectivity index is 2.43. The van der Waals surface area contributed by atoms with Crippen LogP contribution in [0.4, 0.5) is 0 Å². The maximum absolute atomic E-state index is 10.3. The zero-order valence-electron chi connectivity index (χ0n) is 9.19. The standard InChI is InChI=1S/C13H16ClOS/c1-2-12(16-10-9-15)8-7-11-5-3-4-6-13(11)14/h3-6,9,12H,1-2,7-8,10H2. The van der Waals surface area contributed by atoms with E-state index in [9.17, 15) is 4.79 Å². The molecule has 1 aromatic carbocycles. The molecule has 0 fully saturated rings. The lowest BCUT2D eigenvalue weighted by atomic mass is 10.1. The first kappa shape index (κ1) is 13.6. The van der Waals surface area contributed by atoms with E-state index in [1.54, 1.807) is 11.8 Å². The number of halogens is 1. The SMILES string of the molecule is [CH2]CC(CCc1ccccc1Cl)SCC=O. The largest absolute Gasteiger partial charge is 0.302 e. The van der Waals surface area contributed by atoms with Gasteiger partial charge in [-0.1, -0.05) is 36.7 Å². The van der Waals surface area contributed by atoms with E-state index in [-0.39, 0.29) is 0 Å². The third kappa shape index (κ3) is 4.58. The first-order valence-electron chi connectivity index (χ1n) is 5.35. The topological polar surface area (TPSA) is 17.1 Å². The summed E-state index contributed by atoms with van der Waals surface area (Å²) >= 11 is 7.75.